The topological polar surface area (TPSA) is 43.0 Å². The Kier molecular flexibility index (Phi) is 4.82. The van der Waals surface area contributed by atoms with E-state index in [1.54, 1.807) is 6.26 Å². The molecule has 0 fully saturated rings. The minimum atomic E-state index is 0.178. The molecule has 2 rings (SSSR count). The molecule has 0 amide bonds. The summed E-state index contributed by atoms with van der Waals surface area (Å²) in [5.74, 6) is 0.968. The fraction of sp³-hybridized carbons (Fsp3) is 0.500. The SMILES string of the molecule is CCNC(Cc1c(Br)c(C)nn1CC)c1ccco1. The van der Waals surface area contributed by atoms with E-state index < -0.39 is 0 Å². The number of halogens is 1. The van der Waals surface area contributed by atoms with Crippen molar-refractivity contribution in [2.75, 3.05) is 6.54 Å². The molecule has 0 aliphatic heterocycles. The number of nitrogens with one attached hydrogen (secondary N) is 1. The standard InChI is InChI=1S/C14H20BrN3O/c1-4-16-11(13-7-6-8-19-13)9-12-14(15)10(3)17-18(12)5-2/h6-8,11,16H,4-5,9H2,1-3H3. The Morgan fingerprint density at radius 1 is 1.47 bits per heavy atom. The second kappa shape index (κ2) is 6.39. The zero-order valence-corrected chi connectivity index (χ0v) is 13.2. The van der Waals surface area contributed by atoms with Crippen LogP contribution < -0.4 is 5.32 Å². The summed E-state index contributed by atoms with van der Waals surface area (Å²) >= 11 is 3.64. The Morgan fingerprint density at radius 3 is 2.84 bits per heavy atom. The molecule has 0 aliphatic rings. The lowest BCUT2D eigenvalue weighted by atomic mass is 10.1. The number of hydrogen-bond acceptors (Lipinski definition) is 3. The second-order valence-corrected chi connectivity index (χ2v) is 5.28. The van der Waals surface area contributed by atoms with Gasteiger partial charge in [-0.15, -0.1) is 0 Å². The number of nitrogens with zero attached hydrogens (tertiary/aromatic N) is 2. The second-order valence-electron chi connectivity index (χ2n) is 4.49. The van der Waals surface area contributed by atoms with Crippen LogP contribution in [0.1, 0.15) is 37.0 Å². The van der Waals surface area contributed by atoms with Gasteiger partial charge in [-0.25, -0.2) is 0 Å². The summed E-state index contributed by atoms with van der Waals surface area (Å²) in [7, 11) is 0. The summed E-state index contributed by atoms with van der Waals surface area (Å²) < 4.78 is 8.68. The minimum absolute atomic E-state index is 0.178. The van der Waals surface area contributed by atoms with Crippen molar-refractivity contribution in [2.45, 2.75) is 39.8 Å². The first-order chi connectivity index (χ1) is 9.17. The number of aromatic nitrogens is 2. The van der Waals surface area contributed by atoms with E-state index in [0.29, 0.717) is 0 Å². The molecule has 0 saturated heterocycles. The van der Waals surface area contributed by atoms with Gasteiger partial charge in [0.15, 0.2) is 0 Å². The van der Waals surface area contributed by atoms with Crippen LogP contribution in [0.5, 0.6) is 0 Å². The van der Waals surface area contributed by atoms with Crippen molar-refractivity contribution in [3.8, 4) is 0 Å². The van der Waals surface area contributed by atoms with Crippen molar-refractivity contribution in [1.82, 2.24) is 15.1 Å². The smallest absolute Gasteiger partial charge is 0.121 e. The van der Waals surface area contributed by atoms with Gasteiger partial charge < -0.3 is 9.73 Å². The molecule has 1 unspecified atom stereocenters. The van der Waals surface area contributed by atoms with Crippen LogP contribution in [0.15, 0.2) is 27.3 Å². The van der Waals surface area contributed by atoms with E-state index in [2.05, 4.69) is 40.2 Å². The van der Waals surface area contributed by atoms with E-state index in [1.807, 2.05) is 23.7 Å². The third-order valence-electron chi connectivity index (χ3n) is 3.19. The molecule has 0 radical (unpaired) electrons. The molecule has 1 atom stereocenters. The van der Waals surface area contributed by atoms with E-state index in [4.69, 9.17) is 4.42 Å². The first kappa shape index (κ1) is 14.3. The first-order valence-corrected chi connectivity index (χ1v) is 7.45. The van der Waals surface area contributed by atoms with Crippen molar-refractivity contribution < 1.29 is 4.42 Å². The molecule has 4 nitrogen and oxygen atoms in total. The Hall–Kier alpha value is -1.07. The maximum absolute atomic E-state index is 5.53. The number of aryl methyl sites for hydroxylation is 2. The van der Waals surface area contributed by atoms with Gasteiger partial charge in [0.1, 0.15) is 5.76 Å². The highest BCUT2D eigenvalue weighted by Gasteiger charge is 2.20. The van der Waals surface area contributed by atoms with Crippen molar-refractivity contribution in [3.63, 3.8) is 0 Å². The van der Waals surface area contributed by atoms with Crippen molar-refractivity contribution >= 4 is 15.9 Å². The maximum Gasteiger partial charge on any atom is 0.121 e. The molecule has 0 spiro atoms. The molecule has 104 valence electrons. The van der Waals surface area contributed by atoms with Crippen LogP contribution in [0.25, 0.3) is 0 Å². The molecule has 2 aromatic heterocycles. The molecule has 5 heteroatoms. The van der Waals surface area contributed by atoms with Gasteiger partial charge in [-0.2, -0.15) is 5.10 Å². The Labute approximate surface area is 122 Å². The molecule has 0 saturated carbocycles. The summed E-state index contributed by atoms with van der Waals surface area (Å²) in [5.41, 5.74) is 2.24. The molecular formula is C14H20BrN3O. The monoisotopic (exact) mass is 325 g/mol. The van der Waals surface area contributed by atoms with Gasteiger partial charge in [0, 0.05) is 13.0 Å². The summed E-state index contributed by atoms with van der Waals surface area (Å²) in [5, 5.41) is 8.00. The van der Waals surface area contributed by atoms with E-state index in [1.165, 1.54) is 5.69 Å². The third kappa shape index (κ3) is 3.09. The number of hydrogen-bond donors (Lipinski definition) is 1. The largest absolute Gasteiger partial charge is 0.468 e. The zero-order chi connectivity index (χ0) is 13.8. The normalized spacial score (nSPS) is 12.8. The van der Waals surface area contributed by atoms with Crippen LogP contribution in [-0.2, 0) is 13.0 Å². The summed E-state index contributed by atoms with van der Waals surface area (Å²) in [6.07, 6.45) is 2.58. The summed E-state index contributed by atoms with van der Waals surface area (Å²) in [6.45, 7) is 8.01. The molecule has 2 heterocycles. The highest BCUT2D eigenvalue weighted by Crippen LogP contribution is 2.26. The Morgan fingerprint density at radius 2 is 2.26 bits per heavy atom. The van der Waals surface area contributed by atoms with Crippen LogP contribution >= 0.6 is 15.9 Å². The molecule has 0 aromatic carbocycles. The Balaban J connectivity index is 2.27. The fourth-order valence-corrected chi connectivity index (χ4v) is 2.71. The number of furan rings is 1. The lowest BCUT2D eigenvalue weighted by molar-refractivity contribution is 0.408. The van der Waals surface area contributed by atoms with E-state index >= 15 is 0 Å². The van der Waals surface area contributed by atoms with Crippen molar-refractivity contribution in [1.29, 1.82) is 0 Å². The summed E-state index contributed by atoms with van der Waals surface area (Å²) in [6, 6.07) is 4.12. The summed E-state index contributed by atoms with van der Waals surface area (Å²) in [4.78, 5) is 0. The molecule has 0 aliphatic carbocycles. The molecular weight excluding hydrogens is 306 g/mol. The quantitative estimate of drug-likeness (QED) is 0.884. The average Bonchev–Trinajstić information content (AvgIpc) is 3.01. The maximum atomic E-state index is 5.53. The number of likely N-dealkylation sites (N-methyl/N-ethyl adjacent to an activating group) is 1. The number of rotatable bonds is 6. The average molecular weight is 326 g/mol. The van der Waals surface area contributed by atoms with Crippen LogP contribution in [0.4, 0.5) is 0 Å². The van der Waals surface area contributed by atoms with Crippen LogP contribution in [0.3, 0.4) is 0 Å². The van der Waals surface area contributed by atoms with Gasteiger partial charge in [-0.3, -0.25) is 4.68 Å². The molecule has 2 aromatic rings. The fourth-order valence-electron chi connectivity index (χ4n) is 2.27. The third-order valence-corrected chi connectivity index (χ3v) is 4.22. The van der Waals surface area contributed by atoms with Gasteiger partial charge in [0.05, 0.1) is 28.2 Å². The predicted octanol–water partition coefficient (Wildman–Crippen LogP) is 3.46. The Bertz CT molecular complexity index is 519. The van der Waals surface area contributed by atoms with Gasteiger partial charge in [-0.05, 0) is 48.5 Å². The van der Waals surface area contributed by atoms with Gasteiger partial charge in [0.2, 0.25) is 0 Å². The minimum Gasteiger partial charge on any atom is -0.468 e. The predicted molar refractivity (Wildman–Crippen MR) is 79.2 cm³/mol. The lowest BCUT2D eigenvalue weighted by Gasteiger charge is -2.16. The van der Waals surface area contributed by atoms with E-state index in [-0.39, 0.29) is 6.04 Å². The van der Waals surface area contributed by atoms with E-state index in [9.17, 15) is 0 Å². The first-order valence-electron chi connectivity index (χ1n) is 6.65. The highest BCUT2D eigenvalue weighted by molar-refractivity contribution is 9.10. The van der Waals surface area contributed by atoms with E-state index in [0.717, 1.165) is 35.4 Å². The van der Waals surface area contributed by atoms with Crippen LogP contribution in [0, 0.1) is 6.92 Å². The lowest BCUT2D eigenvalue weighted by Crippen LogP contribution is -2.23. The zero-order valence-electron chi connectivity index (χ0n) is 11.6. The van der Waals surface area contributed by atoms with Crippen molar-refractivity contribution in [3.05, 3.63) is 40.0 Å². The van der Waals surface area contributed by atoms with Crippen LogP contribution in [0.2, 0.25) is 0 Å². The molecule has 0 bridgehead atoms. The van der Waals surface area contributed by atoms with Crippen LogP contribution in [-0.4, -0.2) is 16.3 Å². The van der Waals surface area contributed by atoms with Gasteiger partial charge in [0.25, 0.3) is 0 Å². The molecule has 19 heavy (non-hydrogen) atoms. The molecule has 1 N–H and O–H groups in total. The highest BCUT2D eigenvalue weighted by atomic mass is 79.9. The van der Waals surface area contributed by atoms with Gasteiger partial charge >= 0.3 is 0 Å². The van der Waals surface area contributed by atoms with Gasteiger partial charge in [-0.1, -0.05) is 6.92 Å². The van der Waals surface area contributed by atoms with Crippen molar-refractivity contribution in [2.24, 2.45) is 0 Å².